The molecule has 0 spiro atoms. The standard InChI is InChI=1S/C11H13F3N2O3/c1-7(17)5-15-10(18)8-3-2-4-9(16-8)19-6-11(12,13)14/h2-4,7,17H,5-6H2,1H3,(H,15,18). The van der Waals surface area contributed by atoms with Gasteiger partial charge in [-0.2, -0.15) is 13.2 Å². The Morgan fingerprint density at radius 3 is 2.79 bits per heavy atom. The lowest BCUT2D eigenvalue weighted by Gasteiger charge is -2.10. The van der Waals surface area contributed by atoms with E-state index in [9.17, 15) is 18.0 Å². The van der Waals surface area contributed by atoms with Gasteiger partial charge in [0.05, 0.1) is 6.10 Å². The highest BCUT2D eigenvalue weighted by Gasteiger charge is 2.28. The fourth-order valence-electron chi connectivity index (χ4n) is 1.11. The van der Waals surface area contributed by atoms with Gasteiger partial charge in [-0.3, -0.25) is 4.79 Å². The zero-order valence-corrected chi connectivity index (χ0v) is 10.1. The second-order valence-corrected chi connectivity index (χ2v) is 3.82. The summed E-state index contributed by atoms with van der Waals surface area (Å²) in [5.41, 5.74) is -0.0830. The van der Waals surface area contributed by atoms with Crippen molar-refractivity contribution in [2.24, 2.45) is 0 Å². The summed E-state index contributed by atoms with van der Waals surface area (Å²) in [6.07, 6.45) is -5.19. The molecule has 0 saturated carbocycles. The third-order valence-electron chi connectivity index (χ3n) is 1.90. The molecule has 0 aromatic carbocycles. The Bertz CT molecular complexity index is 435. The maximum Gasteiger partial charge on any atom is 0.422 e. The summed E-state index contributed by atoms with van der Waals surface area (Å²) in [7, 11) is 0. The molecule has 19 heavy (non-hydrogen) atoms. The topological polar surface area (TPSA) is 71.5 Å². The number of carbonyl (C=O) groups excluding carboxylic acids is 1. The van der Waals surface area contributed by atoms with Crippen LogP contribution in [0.5, 0.6) is 5.88 Å². The number of rotatable bonds is 5. The summed E-state index contributed by atoms with van der Waals surface area (Å²) < 4.78 is 40.3. The maximum atomic E-state index is 12.0. The zero-order valence-electron chi connectivity index (χ0n) is 10.1. The Labute approximate surface area is 107 Å². The van der Waals surface area contributed by atoms with Crippen molar-refractivity contribution < 1.29 is 27.8 Å². The van der Waals surface area contributed by atoms with Crippen LogP contribution in [0.15, 0.2) is 18.2 Å². The minimum absolute atomic E-state index is 0.0220. The predicted octanol–water partition coefficient (Wildman–Crippen LogP) is 1.13. The van der Waals surface area contributed by atoms with Crippen molar-refractivity contribution in [2.45, 2.75) is 19.2 Å². The maximum absolute atomic E-state index is 12.0. The number of hydrogen-bond acceptors (Lipinski definition) is 4. The van der Waals surface area contributed by atoms with Gasteiger partial charge in [0.25, 0.3) is 5.91 Å². The largest absolute Gasteiger partial charge is 0.468 e. The lowest BCUT2D eigenvalue weighted by molar-refractivity contribution is -0.154. The Hall–Kier alpha value is -1.83. The molecule has 8 heteroatoms. The molecule has 1 rings (SSSR count). The van der Waals surface area contributed by atoms with Crippen LogP contribution in [0, 0.1) is 0 Å². The number of halogens is 3. The van der Waals surface area contributed by atoms with Crippen LogP contribution in [0.2, 0.25) is 0 Å². The molecule has 0 bridgehead atoms. The highest BCUT2D eigenvalue weighted by molar-refractivity contribution is 5.92. The predicted molar refractivity (Wildman–Crippen MR) is 59.8 cm³/mol. The van der Waals surface area contributed by atoms with E-state index in [0.29, 0.717) is 0 Å². The first-order chi connectivity index (χ1) is 8.78. The molecular formula is C11H13F3N2O3. The van der Waals surface area contributed by atoms with Crippen LogP contribution in [0.25, 0.3) is 0 Å². The molecule has 1 heterocycles. The molecule has 106 valence electrons. The Balaban J connectivity index is 2.63. The van der Waals surface area contributed by atoms with Crippen molar-refractivity contribution in [3.63, 3.8) is 0 Å². The first-order valence-electron chi connectivity index (χ1n) is 5.41. The summed E-state index contributed by atoms with van der Waals surface area (Å²) in [5, 5.41) is 11.4. The van der Waals surface area contributed by atoms with Crippen molar-refractivity contribution >= 4 is 5.91 Å². The van der Waals surface area contributed by atoms with Crippen molar-refractivity contribution in [3.8, 4) is 5.88 Å². The van der Waals surface area contributed by atoms with Crippen LogP contribution in [-0.2, 0) is 0 Å². The smallest absolute Gasteiger partial charge is 0.422 e. The normalized spacial score (nSPS) is 12.9. The van der Waals surface area contributed by atoms with Crippen LogP contribution in [0.3, 0.4) is 0 Å². The number of aliphatic hydroxyl groups excluding tert-OH is 1. The van der Waals surface area contributed by atoms with E-state index in [1.54, 1.807) is 0 Å². The van der Waals surface area contributed by atoms with Gasteiger partial charge < -0.3 is 15.2 Å². The van der Waals surface area contributed by atoms with E-state index in [0.717, 1.165) is 0 Å². The third kappa shape index (κ3) is 6.05. The Morgan fingerprint density at radius 2 is 2.21 bits per heavy atom. The third-order valence-corrected chi connectivity index (χ3v) is 1.90. The van der Waals surface area contributed by atoms with Crippen molar-refractivity contribution in [1.29, 1.82) is 0 Å². The molecule has 2 N–H and O–H groups in total. The summed E-state index contributed by atoms with van der Waals surface area (Å²) in [4.78, 5) is 15.2. The summed E-state index contributed by atoms with van der Waals surface area (Å²) in [5.74, 6) is -0.889. The van der Waals surface area contributed by atoms with E-state index in [1.807, 2.05) is 0 Å². The molecule has 0 aliphatic carbocycles. The number of nitrogens with one attached hydrogen (secondary N) is 1. The summed E-state index contributed by atoms with van der Waals surface area (Å²) in [6, 6.07) is 3.91. The van der Waals surface area contributed by atoms with E-state index < -0.39 is 24.8 Å². The molecule has 0 aliphatic heterocycles. The van der Waals surface area contributed by atoms with Gasteiger partial charge in [0.1, 0.15) is 5.69 Å². The van der Waals surface area contributed by atoms with Crippen molar-refractivity contribution in [2.75, 3.05) is 13.2 Å². The molecule has 0 fully saturated rings. The van der Waals surface area contributed by atoms with Gasteiger partial charge in [0, 0.05) is 12.6 Å². The van der Waals surface area contributed by atoms with Gasteiger partial charge in [-0.25, -0.2) is 4.98 Å². The average molecular weight is 278 g/mol. The van der Waals surface area contributed by atoms with Crippen LogP contribution in [-0.4, -0.2) is 41.4 Å². The molecular weight excluding hydrogens is 265 g/mol. The minimum atomic E-state index is -4.47. The molecule has 5 nitrogen and oxygen atoms in total. The van der Waals surface area contributed by atoms with Gasteiger partial charge in [-0.15, -0.1) is 0 Å². The van der Waals surface area contributed by atoms with Crippen LogP contribution in [0.1, 0.15) is 17.4 Å². The van der Waals surface area contributed by atoms with Gasteiger partial charge >= 0.3 is 6.18 Å². The highest BCUT2D eigenvalue weighted by atomic mass is 19.4. The van der Waals surface area contributed by atoms with Gasteiger partial charge in [0.2, 0.25) is 5.88 Å². The number of aliphatic hydroxyl groups is 1. The van der Waals surface area contributed by atoms with Gasteiger partial charge in [-0.1, -0.05) is 6.07 Å². The van der Waals surface area contributed by atoms with Crippen LogP contribution < -0.4 is 10.1 Å². The number of pyridine rings is 1. The van der Waals surface area contributed by atoms with Gasteiger partial charge in [0.15, 0.2) is 6.61 Å². The SMILES string of the molecule is CC(O)CNC(=O)c1cccc(OCC(F)(F)F)n1. The molecule has 1 aromatic heterocycles. The first-order valence-corrected chi connectivity index (χ1v) is 5.41. The zero-order chi connectivity index (χ0) is 14.5. The number of alkyl halides is 3. The molecule has 1 unspecified atom stereocenters. The lowest BCUT2D eigenvalue weighted by atomic mass is 10.3. The second kappa shape index (κ2) is 6.37. The van der Waals surface area contributed by atoms with E-state index in [-0.39, 0.29) is 18.1 Å². The number of ether oxygens (including phenoxy) is 1. The van der Waals surface area contributed by atoms with Crippen LogP contribution in [0.4, 0.5) is 13.2 Å². The first kappa shape index (κ1) is 15.2. The summed E-state index contributed by atoms with van der Waals surface area (Å²) in [6.45, 7) is 0.0312. The highest BCUT2D eigenvalue weighted by Crippen LogP contribution is 2.17. The minimum Gasteiger partial charge on any atom is -0.468 e. The number of nitrogens with zero attached hydrogens (tertiary/aromatic N) is 1. The molecule has 0 saturated heterocycles. The van der Waals surface area contributed by atoms with Crippen molar-refractivity contribution in [1.82, 2.24) is 10.3 Å². The number of aromatic nitrogens is 1. The van der Waals surface area contributed by atoms with E-state index >= 15 is 0 Å². The molecule has 0 radical (unpaired) electrons. The molecule has 1 amide bonds. The van der Waals surface area contributed by atoms with E-state index in [1.165, 1.54) is 25.1 Å². The fraction of sp³-hybridized carbons (Fsp3) is 0.455. The summed E-state index contributed by atoms with van der Waals surface area (Å²) >= 11 is 0. The van der Waals surface area contributed by atoms with E-state index in [4.69, 9.17) is 5.11 Å². The number of amides is 1. The van der Waals surface area contributed by atoms with Crippen LogP contribution >= 0.6 is 0 Å². The molecule has 0 aliphatic rings. The number of carbonyl (C=O) groups is 1. The lowest BCUT2D eigenvalue weighted by Crippen LogP contribution is -2.31. The average Bonchev–Trinajstić information content (AvgIpc) is 2.33. The second-order valence-electron chi connectivity index (χ2n) is 3.82. The molecule has 1 atom stereocenters. The van der Waals surface area contributed by atoms with E-state index in [2.05, 4.69) is 15.0 Å². The fourth-order valence-corrected chi connectivity index (χ4v) is 1.11. The molecule has 1 aromatic rings. The Kier molecular flexibility index (Phi) is 5.11. The van der Waals surface area contributed by atoms with Gasteiger partial charge in [-0.05, 0) is 13.0 Å². The van der Waals surface area contributed by atoms with Crippen molar-refractivity contribution in [3.05, 3.63) is 23.9 Å². The Morgan fingerprint density at radius 1 is 1.53 bits per heavy atom. The monoisotopic (exact) mass is 278 g/mol. The quantitative estimate of drug-likeness (QED) is 0.847. The number of hydrogen-bond donors (Lipinski definition) is 2.